The molecule has 0 radical (unpaired) electrons. The van der Waals surface area contributed by atoms with Gasteiger partial charge in [0, 0.05) is 5.56 Å². The molecule has 1 saturated heterocycles. The highest BCUT2D eigenvalue weighted by atomic mass is 16.2. The summed E-state index contributed by atoms with van der Waals surface area (Å²) in [5.74, 6) is -0.119. The lowest BCUT2D eigenvalue weighted by Gasteiger charge is -2.18. The summed E-state index contributed by atoms with van der Waals surface area (Å²) in [5.41, 5.74) is 1.15. The van der Waals surface area contributed by atoms with Crippen LogP contribution in [0, 0.1) is 29.1 Å². The van der Waals surface area contributed by atoms with E-state index in [0.29, 0.717) is 0 Å². The number of carbonyl (C=O) groups is 2. The molecule has 4 aliphatic rings. The van der Waals surface area contributed by atoms with Crippen molar-refractivity contribution in [3.63, 3.8) is 0 Å². The average molecular weight is 342 g/mol. The Balaban J connectivity index is 1.35. The second-order valence-electron chi connectivity index (χ2n) is 8.02. The normalized spacial score (nSPS) is 33.2. The van der Waals surface area contributed by atoms with Gasteiger partial charge in [0.2, 0.25) is 0 Å². The predicted molar refractivity (Wildman–Crippen MR) is 98.2 cm³/mol. The molecule has 3 aliphatic carbocycles. The van der Waals surface area contributed by atoms with Gasteiger partial charge in [0.25, 0.3) is 11.8 Å². The summed E-state index contributed by atoms with van der Waals surface area (Å²) in [7, 11) is 0. The summed E-state index contributed by atoms with van der Waals surface area (Å²) < 4.78 is 0. The van der Waals surface area contributed by atoms with Crippen LogP contribution in [0.5, 0.6) is 0 Å². The summed E-state index contributed by atoms with van der Waals surface area (Å²) in [5, 5.41) is 7.66. The molecule has 0 unspecified atom stereocenters. The fourth-order valence-electron chi connectivity index (χ4n) is 5.66. The molecule has 1 spiro atoms. The third-order valence-electron chi connectivity index (χ3n) is 6.96. The smallest absolute Gasteiger partial charge is 0.254 e. The molecule has 26 heavy (non-hydrogen) atoms. The molecule has 128 valence electrons. The minimum Gasteiger partial charge on any atom is -0.272 e. The molecule has 2 amide bonds. The van der Waals surface area contributed by atoms with E-state index in [4.69, 9.17) is 0 Å². The van der Waals surface area contributed by atoms with Crippen molar-refractivity contribution in [3.05, 3.63) is 60.2 Å². The van der Waals surface area contributed by atoms with E-state index in [2.05, 4.69) is 17.3 Å². The van der Waals surface area contributed by atoms with Gasteiger partial charge in [-0.15, -0.1) is 0 Å². The van der Waals surface area contributed by atoms with Gasteiger partial charge in [0.05, 0.1) is 18.1 Å². The number of benzene rings is 2. The van der Waals surface area contributed by atoms with Crippen LogP contribution in [-0.2, 0) is 9.59 Å². The van der Waals surface area contributed by atoms with Crippen molar-refractivity contribution in [2.24, 2.45) is 34.2 Å². The molecule has 3 fully saturated rings. The molecule has 4 heteroatoms. The fraction of sp³-hybridized carbons (Fsp3) is 0.318. The maximum Gasteiger partial charge on any atom is 0.254 e. The van der Waals surface area contributed by atoms with Gasteiger partial charge in [-0.25, -0.2) is 0 Å². The van der Waals surface area contributed by atoms with Gasteiger partial charge in [-0.2, -0.15) is 10.1 Å². The van der Waals surface area contributed by atoms with Gasteiger partial charge >= 0.3 is 0 Å². The topological polar surface area (TPSA) is 49.7 Å². The number of allylic oxidation sites excluding steroid dienone is 2. The van der Waals surface area contributed by atoms with Gasteiger partial charge in [0.1, 0.15) is 0 Å². The van der Waals surface area contributed by atoms with Gasteiger partial charge in [-0.3, -0.25) is 9.59 Å². The van der Waals surface area contributed by atoms with E-state index in [-0.39, 0.29) is 40.9 Å². The lowest BCUT2D eigenvalue weighted by Crippen LogP contribution is -2.30. The molecule has 4 atom stereocenters. The van der Waals surface area contributed by atoms with Crippen LogP contribution in [0.25, 0.3) is 10.8 Å². The first-order chi connectivity index (χ1) is 12.7. The minimum absolute atomic E-state index is 0.111. The first-order valence-corrected chi connectivity index (χ1v) is 9.29. The fourth-order valence-corrected chi connectivity index (χ4v) is 5.66. The average Bonchev–Trinajstić information content (AvgIpc) is 3.27. The number of hydrogen-bond donors (Lipinski definition) is 0. The van der Waals surface area contributed by atoms with Gasteiger partial charge < -0.3 is 0 Å². The number of hydrazone groups is 1. The Morgan fingerprint density at radius 2 is 1.58 bits per heavy atom. The Kier molecular flexibility index (Phi) is 2.61. The van der Waals surface area contributed by atoms with Crippen molar-refractivity contribution in [2.45, 2.75) is 12.8 Å². The van der Waals surface area contributed by atoms with Crippen molar-refractivity contribution < 1.29 is 9.59 Å². The van der Waals surface area contributed by atoms with Crippen molar-refractivity contribution in [2.75, 3.05) is 0 Å². The third kappa shape index (κ3) is 1.62. The van der Waals surface area contributed by atoms with Crippen LogP contribution in [0.15, 0.2) is 59.7 Å². The maximum absolute atomic E-state index is 12.9. The molecule has 4 nitrogen and oxygen atoms in total. The van der Waals surface area contributed by atoms with E-state index < -0.39 is 0 Å². The first kappa shape index (κ1) is 14.4. The lowest BCUT2D eigenvalue weighted by atomic mass is 9.85. The van der Waals surface area contributed by atoms with Crippen molar-refractivity contribution in [1.82, 2.24) is 5.01 Å². The van der Waals surface area contributed by atoms with Crippen molar-refractivity contribution >= 4 is 28.8 Å². The van der Waals surface area contributed by atoms with Crippen LogP contribution in [0.4, 0.5) is 0 Å². The number of nitrogens with zero attached hydrogens (tertiary/aromatic N) is 2. The van der Waals surface area contributed by atoms with Crippen LogP contribution >= 0.6 is 0 Å². The number of amides is 2. The van der Waals surface area contributed by atoms with Crippen LogP contribution in [0.2, 0.25) is 0 Å². The number of hydrogen-bond acceptors (Lipinski definition) is 3. The molecule has 2 aromatic rings. The van der Waals surface area contributed by atoms with Crippen LogP contribution in [-0.4, -0.2) is 23.0 Å². The van der Waals surface area contributed by atoms with E-state index in [1.54, 1.807) is 6.21 Å². The Morgan fingerprint density at radius 1 is 0.923 bits per heavy atom. The molecule has 1 aliphatic heterocycles. The van der Waals surface area contributed by atoms with E-state index in [1.807, 2.05) is 42.5 Å². The number of carbonyl (C=O) groups excluding carboxylic acids is 2. The van der Waals surface area contributed by atoms with Gasteiger partial charge in [0.15, 0.2) is 0 Å². The maximum atomic E-state index is 12.9. The lowest BCUT2D eigenvalue weighted by molar-refractivity contribution is -0.141. The number of rotatable bonds is 2. The SMILES string of the molecule is O=C1[C@@H]2[C@H](C(=O)N1/N=C\c1cccc3ccccc13)[C@@H]1C=C[C@H]2C12CC2. The highest BCUT2D eigenvalue weighted by Gasteiger charge is 2.73. The number of imide groups is 1. The Bertz CT molecular complexity index is 994. The molecule has 2 bridgehead atoms. The van der Waals surface area contributed by atoms with Crippen molar-refractivity contribution in [3.8, 4) is 0 Å². The summed E-state index contributed by atoms with van der Waals surface area (Å²) in [4.78, 5) is 25.9. The molecule has 0 N–H and O–H groups in total. The minimum atomic E-state index is -0.190. The van der Waals surface area contributed by atoms with Crippen molar-refractivity contribution in [1.29, 1.82) is 0 Å². The van der Waals surface area contributed by atoms with E-state index in [1.165, 1.54) is 0 Å². The highest BCUT2D eigenvalue weighted by molar-refractivity contribution is 6.08. The monoisotopic (exact) mass is 342 g/mol. The molecule has 1 heterocycles. The van der Waals surface area contributed by atoms with Gasteiger partial charge in [-0.1, -0.05) is 54.6 Å². The Morgan fingerprint density at radius 3 is 2.27 bits per heavy atom. The number of fused-ring (bicyclic) bond motifs is 4. The zero-order chi connectivity index (χ0) is 17.5. The van der Waals surface area contributed by atoms with Crippen LogP contribution in [0.3, 0.4) is 0 Å². The summed E-state index contributed by atoms with van der Waals surface area (Å²) >= 11 is 0. The Labute approximate surface area is 151 Å². The zero-order valence-electron chi connectivity index (χ0n) is 14.2. The van der Waals surface area contributed by atoms with Crippen LogP contribution < -0.4 is 0 Å². The summed E-state index contributed by atoms with van der Waals surface area (Å²) in [6.45, 7) is 0. The molecule has 2 saturated carbocycles. The van der Waals surface area contributed by atoms with Crippen LogP contribution in [0.1, 0.15) is 18.4 Å². The van der Waals surface area contributed by atoms with E-state index in [9.17, 15) is 9.59 Å². The van der Waals surface area contributed by atoms with E-state index >= 15 is 0 Å². The quantitative estimate of drug-likeness (QED) is 0.477. The second-order valence-corrected chi connectivity index (χ2v) is 8.02. The zero-order valence-corrected chi connectivity index (χ0v) is 14.2. The largest absolute Gasteiger partial charge is 0.272 e. The third-order valence-corrected chi connectivity index (χ3v) is 6.96. The molecular weight excluding hydrogens is 324 g/mol. The summed E-state index contributed by atoms with van der Waals surface area (Å²) in [6, 6.07) is 14.0. The molecule has 0 aromatic heterocycles. The van der Waals surface area contributed by atoms with E-state index in [0.717, 1.165) is 34.2 Å². The summed E-state index contributed by atoms with van der Waals surface area (Å²) in [6.07, 6.45) is 8.33. The predicted octanol–water partition coefficient (Wildman–Crippen LogP) is 3.37. The van der Waals surface area contributed by atoms with Gasteiger partial charge in [-0.05, 0) is 40.9 Å². The standard InChI is InChI=1S/C22H18N2O2/c25-20-18-16-8-9-17(22(16)10-11-22)19(18)21(26)24(20)23-12-14-6-3-5-13-4-1-2-7-15(13)14/h1-9,12,16-19H,10-11H2/b23-12-/t16-,17+,18+,19-. The molecule has 6 rings (SSSR count). The molecular formula is C22H18N2O2. The second kappa shape index (κ2) is 4.70. The Hall–Kier alpha value is -2.75. The molecule has 2 aromatic carbocycles. The first-order valence-electron chi connectivity index (χ1n) is 9.29. The highest BCUT2D eigenvalue weighted by Crippen LogP contribution is 2.73.